The third kappa shape index (κ3) is 4.18. The molecule has 0 aliphatic carbocycles. The molecule has 1 heterocycles. The van der Waals surface area contributed by atoms with Crippen LogP contribution in [0.5, 0.6) is 0 Å². The van der Waals surface area contributed by atoms with E-state index in [0.29, 0.717) is 18.9 Å². The van der Waals surface area contributed by atoms with Crippen LogP contribution in [-0.4, -0.2) is 31.8 Å². The molecule has 0 bridgehead atoms. The van der Waals surface area contributed by atoms with Crippen molar-refractivity contribution in [1.82, 2.24) is 0 Å². The van der Waals surface area contributed by atoms with E-state index in [0.717, 1.165) is 12.8 Å². The minimum Gasteiger partial charge on any atom is -0.399 e. The summed E-state index contributed by atoms with van der Waals surface area (Å²) < 4.78 is 24.0. The number of halogens is 1. The van der Waals surface area contributed by atoms with E-state index in [9.17, 15) is 9.18 Å². The molecule has 2 rings (SSSR count). The standard InChI is InChI=1S/C13H17FN2O3/c14-11-2-1-9(15)7-12(11)16-13(17)8-19-10-3-5-18-6-4-10/h1-2,7,10H,3-6,8,15H2,(H,16,17). The van der Waals surface area contributed by atoms with Crippen LogP contribution in [-0.2, 0) is 14.3 Å². The van der Waals surface area contributed by atoms with Crippen LogP contribution in [0.1, 0.15) is 12.8 Å². The van der Waals surface area contributed by atoms with Crippen molar-refractivity contribution < 1.29 is 18.7 Å². The van der Waals surface area contributed by atoms with E-state index in [-0.39, 0.29) is 18.4 Å². The Bertz CT molecular complexity index is 448. The molecule has 5 nitrogen and oxygen atoms in total. The molecule has 1 aliphatic rings. The fourth-order valence-corrected chi connectivity index (χ4v) is 1.86. The maximum atomic E-state index is 13.4. The molecule has 19 heavy (non-hydrogen) atoms. The molecule has 0 atom stereocenters. The Labute approximate surface area is 110 Å². The second-order valence-electron chi connectivity index (χ2n) is 4.41. The minimum atomic E-state index is -0.520. The van der Waals surface area contributed by atoms with Crippen molar-refractivity contribution in [2.75, 3.05) is 30.9 Å². The number of carbonyl (C=O) groups is 1. The van der Waals surface area contributed by atoms with Gasteiger partial charge >= 0.3 is 0 Å². The van der Waals surface area contributed by atoms with E-state index in [1.807, 2.05) is 0 Å². The summed E-state index contributed by atoms with van der Waals surface area (Å²) in [4.78, 5) is 11.6. The molecule has 1 amide bonds. The lowest BCUT2D eigenvalue weighted by molar-refractivity contribution is -0.124. The number of rotatable bonds is 4. The molecule has 6 heteroatoms. The summed E-state index contributed by atoms with van der Waals surface area (Å²) >= 11 is 0. The number of benzene rings is 1. The Morgan fingerprint density at radius 1 is 1.47 bits per heavy atom. The van der Waals surface area contributed by atoms with Gasteiger partial charge in [0.15, 0.2) is 0 Å². The minimum absolute atomic E-state index is 0.0326. The zero-order valence-corrected chi connectivity index (χ0v) is 10.5. The number of hydrogen-bond acceptors (Lipinski definition) is 4. The summed E-state index contributed by atoms with van der Waals surface area (Å²) in [6.45, 7) is 1.20. The highest BCUT2D eigenvalue weighted by molar-refractivity contribution is 5.92. The van der Waals surface area contributed by atoms with E-state index >= 15 is 0 Å². The van der Waals surface area contributed by atoms with Crippen molar-refractivity contribution >= 4 is 17.3 Å². The van der Waals surface area contributed by atoms with Crippen LogP contribution in [0.15, 0.2) is 18.2 Å². The number of ether oxygens (including phenoxy) is 2. The van der Waals surface area contributed by atoms with Gasteiger partial charge in [0.05, 0.1) is 11.8 Å². The highest BCUT2D eigenvalue weighted by Gasteiger charge is 2.16. The maximum Gasteiger partial charge on any atom is 0.250 e. The van der Waals surface area contributed by atoms with Crippen molar-refractivity contribution in [3.63, 3.8) is 0 Å². The zero-order valence-electron chi connectivity index (χ0n) is 10.5. The van der Waals surface area contributed by atoms with Crippen molar-refractivity contribution in [3.8, 4) is 0 Å². The smallest absolute Gasteiger partial charge is 0.250 e. The van der Waals surface area contributed by atoms with Gasteiger partial charge in [-0.25, -0.2) is 4.39 Å². The van der Waals surface area contributed by atoms with Crippen LogP contribution in [0.3, 0.4) is 0 Å². The summed E-state index contributed by atoms with van der Waals surface area (Å²) in [6, 6.07) is 4.02. The predicted molar refractivity (Wildman–Crippen MR) is 69.2 cm³/mol. The van der Waals surface area contributed by atoms with Gasteiger partial charge in [-0.2, -0.15) is 0 Å². The third-order valence-corrected chi connectivity index (χ3v) is 2.88. The molecule has 1 aromatic rings. The highest BCUT2D eigenvalue weighted by Crippen LogP contribution is 2.17. The summed E-state index contributed by atoms with van der Waals surface area (Å²) in [5.41, 5.74) is 5.99. The number of nitrogens with two attached hydrogens (primary N) is 1. The first-order chi connectivity index (χ1) is 9.15. The van der Waals surface area contributed by atoms with Gasteiger partial charge < -0.3 is 20.5 Å². The van der Waals surface area contributed by atoms with Gasteiger partial charge in [0.1, 0.15) is 12.4 Å². The van der Waals surface area contributed by atoms with Crippen LogP contribution >= 0.6 is 0 Å². The predicted octanol–water partition coefficient (Wildman–Crippen LogP) is 1.54. The molecule has 0 radical (unpaired) electrons. The molecule has 104 valence electrons. The van der Waals surface area contributed by atoms with E-state index in [1.165, 1.54) is 18.2 Å². The first-order valence-corrected chi connectivity index (χ1v) is 6.19. The number of nitrogen functional groups attached to an aromatic ring is 1. The van der Waals surface area contributed by atoms with E-state index < -0.39 is 11.7 Å². The number of hydrogen-bond donors (Lipinski definition) is 2. The van der Waals surface area contributed by atoms with Crippen LogP contribution in [0.2, 0.25) is 0 Å². The molecule has 0 spiro atoms. The van der Waals surface area contributed by atoms with Crippen molar-refractivity contribution in [3.05, 3.63) is 24.0 Å². The largest absolute Gasteiger partial charge is 0.399 e. The lowest BCUT2D eigenvalue weighted by Gasteiger charge is -2.22. The molecule has 1 aliphatic heterocycles. The second kappa shape index (κ2) is 6.49. The van der Waals surface area contributed by atoms with Crippen LogP contribution < -0.4 is 11.1 Å². The second-order valence-corrected chi connectivity index (χ2v) is 4.41. The van der Waals surface area contributed by atoms with Crippen LogP contribution in [0.25, 0.3) is 0 Å². The summed E-state index contributed by atoms with van der Waals surface area (Å²) in [6.07, 6.45) is 1.59. The summed E-state index contributed by atoms with van der Waals surface area (Å²) in [5.74, 6) is -0.912. The van der Waals surface area contributed by atoms with Crippen molar-refractivity contribution in [2.45, 2.75) is 18.9 Å². The summed E-state index contributed by atoms with van der Waals surface area (Å²) in [7, 11) is 0. The highest BCUT2D eigenvalue weighted by atomic mass is 19.1. The Kier molecular flexibility index (Phi) is 4.70. The molecule has 1 aromatic carbocycles. The number of anilines is 2. The van der Waals surface area contributed by atoms with Gasteiger partial charge in [-0.05, 0) is 31.0 Å². The van der Waals surface area contributed by atoms with Gasteiger partial charge in [-0.1, -0.05) is 0 Å². The third-order valence-electron chi connectivity index (χ3n) is 2.88. The van der Waals surface area contributed by atoms with E-state index in [2.05, 4.69) is 5.32 Å². The Morgan fingerprint density at radius 3 is 2.95 bits per heavy atom. The SMILES string of the molecule is Nc1ccc(F)c(NC(=O)COC2CCOCC2)c1. The van der Waals surface area contributed by atoms with Crippen LogP contribution in [0, 0.1) is 5.82 Å². The molecule has 1 saturated heterocycles. The molecule has 0 aromatic heterocycles. The average Bonchev–Trinajstić information content (AvgIpc) is 2.42. The molecule has 1 fully saturated rings. The topological polar surface area (TPSA) is 73.6 Å². The van der Waals surface area contributed by atoms with Crippen molar-refractivity contribution in [2.24, 2.45) is 0 Å². The average molecular weight is 268 g/mol. The zero-order chi connectivity index (χ0) is 13.7. The van der Waals surface area contributed by atoms with Gasteiger partial charge in [-0.15, -0.1) is 0 Å². The molecule has 3 N–H and O–H groups in total. The molecule has 0 saturated carbocycles. The summed E-state index contributed by atoms with van der Waals surface area (Å²) in [5, 5.41) is 2.44. The Morgan fingerprint density at radius 2 is 2.21 bits per heavy atom. The van der Waals surface area contributed by atoms with Gasteiger partial charge in [0, 0.05) is 18.9 Å². The number of carbonyl (C=O) groups excluding carboxylic acids is 1. The maximum absolute atomic E-state index is 13.4. The van der Waals surface area contributed by atoms with Crippen molar-refractivity contribution in [1.29, 1.82) is 0 Å². The number of nitrogens with one attached hydrogen (secondary N) is 1. The van der Waals surface area contributed by atoms with E-state index in [1.54, 1.807) is 0 Å². The Hall–Kier alpha value is -1.66. The lowest BCUT2D eigenvalue weighted by atomic mass is 10.1. The first kappa shape index (κ1) is 13.8. The molecular formula is C13H17FN2O3. The number of amides is 1. The van der Waals surface area contributed by atoms with Gasteiger partial charge in [0.25, 0.3) is 0 Å². The fourth-order valence-electron chi connectivity index (χ4n) is 1.86. The lowest BCUT2D eigenvalue weighted by Crippen LogP contribution is -2.28. The van der Waals surface area contributed by atoms with Crippen LogP contribution in [0.4, 0.5) is 15.8 Å². The first-order valence-electron chi connectivity index (χ1n) is 6.19. The molecular weight excluding hydrogens is 251 g/mol. The Balaban J connectivity index is 1.81. The van der Waals surface area contributed by atoms with E-state index in [4.69, 9.17) is 15.2 Å². The molecule has 0 unspecified atom stereocenters. The normalized spacial score (nSPS) is 16.3. The van der Waals surface area contributed by atoms with Gasteiger partial charge in [-0.3, -0.25) is 4.79 Å². The quantitative estimate of drug-likeness (QED) is 0.812. The van der Waals surface area contributed by atoms with Gasteiger partial charge in [0.2, 0.25) is 5.91 Å². The monoisotopic (exact) mass is 268 g/mol. The fraction of sp³-hybridized carbons (Fsp3) is 0.462.